The van der Waals surface area contributed by atoms with Gasteiger partial charge in [-0.25, -0.2) is 12.8 Å². The minimum Gasteiger partial charge on any atom is -0.493 e. The van der Waals surface area contributed by atoms with Gasteiger partial charge in [-0.05, 0) is 74.2 Å². The quantitative estimate of drug-likeness (QED) is 0.272. The molecule has 2 unspecified atom stereocenters. The van der Waals surface area contributed by atoms with E-state index in [0.717, 1.165) is 27.6 Å². The average Bonchev–Trinajstić information content (AvgIpc) is 3.00. The average molecular weight is 614 g/mol. The van der Waals surface area contributed by atoms with Gasteiger partial charge in [-0.3, -0.25) is 13.9 Å². The molecule has 3 aromatic rings. The first-order valence-corrected chi connectivity index (χ1v) is 15.5. The Balaban J connectivity index is 2.10. The third-order valence-electron chi connectivity index (χ3n) is 7.33. The van der Waals surface area contributed by atoms with E-state index in [0.29, 0.717) is 18.6 Å². The summed E-state index contributed by atoms with van der Waals surface area (Å²) < 4.78 is 53.5. The summed E-state index contributed by atoms with van der Waals surface area (Å²) in [6.45, 7) is 6.99. The third kappa shape index (κ3) is 8.04. The van der Waals surface area contributed by atoms with Gasteiger partial charge >= 0.3 is 0 Å². The molecule has 0 aliphatic carbocycles. The van der Waals surface area contributed by atoms with Gasteiger partial charge in [0.15, 0.2) is 11.5 Å². The number of hydrogen-bond donors (Lipinski definition) is 1. The first-order chi connectivity index (χ1) is 20.5. The number of hydrogen-bond acceptors (Lipinski definition) is 6. The van der Waals surface area contributed by atoms with Crippen molar-refractivity contribution < 1.29 is 31.9 Å². The van der Waals surface area contributed by atoms with E-state index >= 15 is 0 Å². The van der Waals surface area contributed by atoms with Gasteiger partial charge in [0.1, 0.15) is 18.4 Å². The van der Waals surface area contributed by atoms with E-state index < -0.39 is 34.3 Å². The van der Waals surface area contributed by atoms with Crippen LogP contribution in [0, 0.1) is 12.7 Å². The van der Waals surface area contributed by atoms with Crippen molar-refractivity contribution in [3.63, 3.8) is 0 Å². The van der Waals surface area contributed by atoms with E-state index in [-0.39, 0.29) is 34.8 Å². The summed E-state index contributed by atoms with van der Waals surface area (Å²) in [7, 11) is -1.57. The van der Waals surface area contributed by atoms with E-state index in [1.54, 1.807) is 6.92 Å². The van der Waals surface area contributed by atoms with Crippen LogP contribution >= 0.6 is 0 Å². The van der Waals surface area contributed by atoms with Crippen LogP contribution in [0.15, 0.2) is 71.6 Å². The van der Waals surface area contributed by atoms with E-state index in [2.05, 4.69) is 5.32 Å². The Kier molecular flexibility index (Phi) is 11.5. The highest BCUT2D eigenvalue weighted by atomic mass is 32.2. The van der Waals surface area contributed by atoms with E-state index in [1.165, 1.54) is 49.5 Å². The molecule has 2 atom stereocenters. The molecule has 0 bridgehead atoms. The number of aryl methyl sites for hydroxylation is 1. The second-order valence-electron chi connectivity index (χ2n) is 10.2. The summed E-state index contributed by atoms with van der Waals surface area (Å²) in [6, 6.07) is 15.4. The zero-order valence-corrected chi connectivity index (χ0v) is 26.3. The summed E-state index contributed by atoms with van der Waals surface area (Å²) in [4.78, 5) is 28.9. The molecule has 9 nitrogen and oxygen atoms in total. The highest BCUT2D eigenvalue weighted by Crippen LogP contribution is 2.32. The molecule has 0 heterocycles. The van der Waals surface area contributed by atoms with Crippen LogP contribution in [-0.4, -0.2) is 58.0 Å². The Hall–Kier alpha value is -4.12. The maximum absolute atomic E-state index is 14.2. The molecule has 2 amide bonds. The van der Waals surface area contributed by atoms with Crippen LogP contribution in [0.5, 0.6) is 11.5 Å². The van der Waals surface area contributed by atoms with Gasteiger partial charge in [-0.15, -0.1) is 0 Å². The predicted molar refractivity (Wildman–Crippen MR) is 164 cm³/mol. The molecule has 232 valence electrons. The zero-order chi connectivity index (χ0) is 31.7. The molecule has 0 fully saturated rings. The molecule has 0 aromatic heterocycles. The monoisotopic (exact) mass is 613 g/mol. The van der Waals surface area contributed by atoms with Crippen molar-refractivity contribution in [2.24, 2.45) is 0 Å². The second kappa shape index (κ2) is 14.9. The SMILES string of the molecule is CCC(C)NC(=O)C(CC)N(Cc1ccccc1C)C(=O)CN(c1ccc(F)cc1)S(=O)(=O)c1ccc(OC)c(OC)c1. The highest BCUT2D eigenvalue weighted by molar-refractivity contribution is 7.92. The van der Waals surface area contributed by atoms with Crippen molar-refractivity contribution in [1.82, 2.24) is 10.2 Å². The lowest BCUT2D eigenvalue weighted by atomic mass is 10.1. The standard InChI is InChI=1S/C32H40FN3O6S/c1-7-23(4)34-32(38)28(8-2)35(20-24-12-10-9-11-22(24)3)31(37)21-36(26-15-13-25(33)14-16-26)43(39,40)27-17-18-29(41-5)30(19-27)42-6/h9-19,23,28H,7-8,20-21H2,1-6H3,(H,34,38). The van der Waals surface area contributed by atoms with Gasteiger partial charge < -0.3 is 19.7 Å². The van der Waals surface area contributed by atoms with E-state index in [4.69, 9.17) is 9.47 Å². The number of benzene rings is 3. The molecule has 0 aliphatic rings. The first kappa shape index (κ1) is 33.4. The van der Waals surface area contributed by atoms with E-state index in [9.17, 15) is 22.4 Å². The largest absolute Gasteiger partial charge is 0.493 e. The van der Waals surface area contributed by atoms with Crippen LogP contribution in [-0.2, 0) is 26.2 Å². The van der Waals surface area contributed by atoms with Crippen molar-refractivity contribution in [3.05, 3.63) is 83.7 Å². The van der Waals surface area contributed by atoms with Gasteiger partial charge in [0.05, 0.1) is 24.8 Å². The van der Waals surface area contributed by atoms with Crippen LogP contribution in [0.25, 0.3) is 0 Å². The van der Waals surface area contributed by atoms with Crippen LogP contribution in [0.3, 0.4) is 0 Å². The van der Waals surface area contributed by atoms with Crippen molar-refractivity contribution in [3.8, 4) is 11.5 Å². The fourth-order valence-electron chi connectivity index (χ4n) is 4.57. The van der Waals surface area contributed by atoms with Gasteiger partial charge in [-0.2, -0.15) is 0 Å². The molecule has 0 spiro atoms. The lowest BCUT2D eigenvalue weighted by Gasteiger charge is -2.34. The van der Waals surface area contributed by atoms with Gasteiger partial charge in [0.25, 0.3) is 10.0 Å². The number of halogens is 1. The lowest BCUT2D eigenvalue weighted by Crippen LogP contribution is -2.53. The number of nitrogens with zero attached hydrogens (tertiary/aromatic N) is 2. The Morgan fingerprint density at radius 1 is 0.930 bits per heavy atom. The summed E-state index contributed by atoms with van der Waals surface area (Å²) in [5, 5.41) is 2.96. The molecule has 0 aliphatic heterocycles. The molecule has 3 aromatic carbocycles. The van der Waals surface area contributed by atoms with Gasteiger partial charge in [-0.1, -0.05) is 38.1 Å². The molecule has 3 rings (SSSR count). The van der Waals surface area contributed by atoms with Crippen molar-refractivity contribution >= 4 is 27.5 Å². The Morgan fingerprint density at radius 2 is 1.58 bits per heavy atom. The molecule has 11 heteroatoms. The normalized spacial score (nSPS) is 12.6. The summed E-state index contributed by atoms with van der Waals surface area (Å²) in [5.74, 6) is -0.971. The Bertz CT molecular complexity index is 1510. The maximum Gasteiger partial charge on any atom is 0.264 e. The number of carbonyl (C=O) groups is 2. The van der Waals surface area contributed by atoms with E-state index in [1.807, 2.05) is 45.0 Å². The number of rotatable bonds is 14. The number of anilines is 1. The molecule has 0 saturated heterocycles. The third-order valence-corrected chi connectivity index (χ3v) is 9.10. The number of carbonyl (C=O) groups excluding carboxylic acids is 2. The Morgan fingerprint density at radius 3 is 2.16 bits per heavy atom. The van der Waals surface area contributed by atoms with Crippen LogP contribution in [0.1, 0.15) is 44.7 Å². The minimum atomic E-state index is -4.38. The number of ether oxygens (including phenoxy) is 2. The van der Waals surface area contributed by atoms with Gasteiger partial charge in [0, 0.05) is 18.7 Å². The summed E-state index contributed by atoms with van der Waals surface area (Å²) >= 11 is 0. The number of methoxy groups -OCH3 is 2. The fourth-order valence-corrected chi connectivity index (χ4v) is 6.00. The minimum absolute atomic E-state index is 0.0810. The van der Waals surface area contributed by atoms with Crippen LogP contribution < -0.4 is 19.1 Å². The van der Waals surface area contributed by atoms with Crippen molar-refractivity contribution in [1.29, 1.82) is 0 Å². The molecule has 43 heavy (non-hydrogen) atoms. The Labute approximate surface area is 253 Å². The zero-order valence-electron chi connectivity index (χ0n) is 25.5. The van der Waals surface area contributed by atoms with Crippen LogP contribution in [0.2, 0.25) is 0 Å². The number of sulfonamides is 1. The predicted octanol–water partition coefficient (Wildman–Crippen LogP) is 5.07. The number of nitrogens with one attached hydrogen (secondary N) is 1. The smallest absolute Gasteiger partial charge is 0.264 e. The fraction of sp³-hybridized carbons (Fsp3) is 0.375. The summed E-state index contributed by atoms with van der Waals surface area (Å²) in [5.41, 5.74) is 1.82. The number of amides is 2. The molecular weight excluding hydrogens is 573 g/mol. The first-order valence-electron chi connectivity index (χ1n) is 14.1. The second-order valence-corrected chi connectivity index (χ2v) is 12.1. The molecule has 1 N–H and O–H groups in total. The topological polar surface area (TPSA) is 105 Å². The summed E-state index contributed by atoms with van der Waals surface area (Å²) in [6.07, 6.45) is 1.01. The lowest BCUT2D eigenvalue weighted by molar-refractivity contribution is -0.140. The molecule has 0 radical (unpaired) electrons. The molecular formula is C32H40FN3O6S. The van der Waals surface area contributed by atoms with Crippen molar-refractivity contribution in [2.75, 3.05) is 25.1 Å². The van der Waals surface area contributed by atoms with Crippen molar-refractivity contribution in [2.45, 2.75) is 64.1 Å². The van der Waals surface area contributed by atoms with Gasteiger partial charge in [0.2, 0.25) is 11.8 Å². The van der Waals surface area contributed by atoms with Crippen LogP contribution in [0.4, 0.5) is 10.1 Å². The molecule has 0 saturated carbocycles. The highest BCUT2D eigenvalue weighted by Gasteiger charge is 2.34. The maximum atomic E-state index is 14.2.